The number of anilines is 1. The molecule has 0 aliphatic carbocycles. The zero-order valence-corrected chi connectivity index (χ0v) is 17.6. The number of benzene rings is 1. The number of carbonyl (C=O) groups excluding carboxylic acids is 1. The quantitative estimate of drug-likeness (QED) is 0.367. The Morgan fingerprint density at radius 3 is 2.36 bits per heavy atom. The largest absolute Gasteiger partial charge is 0.444 e. The van der Waals surface area contributed by atoms with Crippen LogP contribution in [0.3, 0.4) is 0 Å². The van der Waals surface area contributed by atoms with Gasteiger partial charge >= 0.3 is 6.09 Å². The minimum Gasteiger partial charge on any atom is -0.444 e. The van der Waals surface area contributed by atoms with Crippen molar-refractivity contribution in [1.29, 1.82) is 0 Å². The third-order valence-corrected chi connectivity index (χ3v) is 5.10. The van der Waals surface area contributed by atoms with E-state index < -0.39 is 5.60 Å². The molecule has 1 aliphatic heterocycles. The summed E-state index contributed by atoms with van der Waals surface area (Å²) in [6.07, 6.45) is -0.349. The van der Waals surface area contributed by atoms with E-state index in [0.717, 1.165) is 5.56 Å². The molecule has 7 nitrogen and oxygen atoms in total. The van der Waals surface area contributed by atoms with Gasteiger partial charge in [-0.15, -0.1) is 0 Å². The number of hydrogen-bond donors (Lipinski definition) is 0. The highest BCUT2D eigenvalue weighted by Gasteiger charge is 2.29. The topological polar surface area (TPSA) is 75.9 Å². The van der Waals surface area contributed by atoms with E-state index in [2.05, 4.69) is 31.9 Å². The van der Waals surface area contributed by atoms with Crippen molar-refractivity contribution in [2.75, 3.05) is 31.1 Å². The van der Waals surface area contributed by atoms with Gasteiger partial charge in [0, 0.05) is 42.0 Å². The first-order valence-corrected chi connectivity index (χ1v) is 9.79. The van der Waals surface area contributed by atoms with Crippen molar-refractivity contribution in [2.24, 2.45) is 0 Å². The van der Waals surface area contributed by atoms with Crippen LogP contribution in [-0.4, -0.2) is 47.7 Å². The van der Waals surface area contributed by atoms with Crippen LogP contribution in [0.25, 0.3) is 0 Å². The van der Waals surface area contributed by atoms with E-state index in [9.17, 15) is 14.9 Å². The summed E-state index contributed by atoms with van der Waals surface area (Å²) in [5.74, 6) is 0. The molecule has 138 valence electrons. The molecule has 1 aliphatic rings. The van der Waals surface area contributed by atoms with Gasteiger partial charge in [-0.05, 0) is 32.4 Å². The van der Waals surface area contributed by atoms with Gasteiger partial charge in [0.1, 0.15) is 11.3 Å². The Morgan fingerprint density at radius 2 is 1.88 bits per heavy atom. The van der Waals surface area contributed by atoms with Gasteiger partial charge < -0.3 is 14.5 Å². The summed E-state index contributed by atoms with van der Waals surface area (Å²) in [6.45, 7) is 7.45. The molecule has 25 heavy (non-hydrogen) atoms. The number of nitro benzene ring substituents is 1. The van der Waals surface area contributed by atoms with Crippen LogP contribution in [-0.2, 0) is 10.1 Å². The van der Waals surface area contributed by atoms with E-state index in [-0.39, 0.29) is 16.7 Å². The molecule has 0 saturated carbocycles. The zero-order valence-electron chi connectivity index (χ0n) is 14.4. The van der Waals surface area contributed by atoms with Crippen LogP contribution in [0.5, 0.6) is 0 Å². The van der Waals surface area contributed by atoms with Gasteiger partial charge in [-0.3, -0.25) is 10.1 Å². The second-order valence-corrected chi connectivity index (χ2v) is 8.19. The molecule has 0 spiro atoms. The molecule has 2 rings (SSSR count). The molecule has 0 N–H and O–H groups in total. The molecular formula is C16H21Br2N3O4. The van der Waals surface area contributed by atoms with E-state index in [1.807, 2.05) is 31.7 Å². The molecule has 1 amide bonds. The lowest BCUT2D eigenvalue weighted by Gasteiger charge is -2.36. The van der Waals surface area contributed by atoms with Gasteiger partial charge in [-0.25, -0.2) is 4.79 Å². The summed E-state index contributed by atoms with van der Waals surface area (Å²) in [6, 6.07) is 3.35. The standard InChI is InChI=1S/C16H21Br2N3O4/c1-16(2,3)25-15(22)20-6-4-19(5-7-20)13-8-11(10-17)12(18)9-14(13)21(23)24/h8-9H,4-7,10H2,1-3H3. The number of carbonyl (C=O) groups is 1. The first-order valence-electron chi connectivity index (χ1n) is 7.88. The number of nitrogens with zero attached hydrogens (tertiary/aromatic N) is 3. The molecule has 0 unspecified atom stereocenters. The summed E-state index contributed by atoms with van der Waals surface area (Å²) < 4.78 is 6.08. The highest BCUT2D eigenvalue weighted by molar-refractivity contribution is 9.10. The Morgan fingerprint density at radius 1 is 1.28 bits per heavy atom. The number of hydrogen-bond acceptors (Lipinski definition) is 5. The molecule has 1 fully saturated rings. The van der Waals surface area contributed by atoms with Gasteiger partial charge in [0.15, 0.2) is 0 Å². The molecule has 9 heteroatoms. The molecule has 1 saturated heterocycles. The average Bonchev–Trinajstić information content (AvgIpc) is 2.53. The molecule has 1 aromatic rings. The summed E-state index contributed by atoms with van der Waals surface area (Å²) in [7, 11) is 0. The van der Waals surface area contributed by atoms with Crippen LogP contribution in [0.15, 0.2) is 16.6 Å². The Balaban J connectivity index is 2.15. The van der Waals surface area contributed by atoms with Crippen molar-refractivity contribution in [1.82, 2.24) is 4.90 Å². The number of alkyl halides is 1. The number of amides is 1. The smallest absolute Gasteiger partial charge is 0.410 e. The van der Waals surface area contributed by atoms with Crippen molar-refractivity contribution < 1.29 is 14.5 Å². The molecule has 1 heterocycles. The number of ether oxygens (including phenoxy) is 1. The maximum atomic E-state index is 12.1. The van der Waals surface area contributed by atoms with Crippen LogP contribution in [0, 0.1) is 10.1 Å². The first-order chi connectivity index (χ1) is 11.6. The van der Waals surface area contributed by atoms with Gasteiger partial charge in [-0.1, -0.05) is 31.9 Å². The summed E-state index contributed by atoms with van der Waals surface area (Å²) in [5, 5.41) is 12.0. The normalized spacial score (nSPS) is 15.2. The summed E-state index contributed by atoms with van der Waals surface area (Å²) in [4.78, 5) is 26.8. The Labute approximate surface area is 163 Å². The summed E-state index contributed by atoms with van der Waals surface area (Å²) in [5.41, 5.74) is 1.03. The van der Waals surface area contributed by atoms with Gasteiger partial charge in [0.2, 0.25) is 0 Å². The SMILES string of the molecule is CC(C)(C)OC(=O)N1CCN(c2cc(CBr)c(Br)cc2[N+](=O)[O-])CC1. The van der Waals surface area contributed by atoms with E-state index >= 15 is 0 Å². The van der Waals surface area contributed by atoms with Crippen molar-refractivity contribution in [2.45, 2.75) is 31.7 Å². The number of piperazine rings is 1. The lowest BCUT2D eigenvalue weighted by molar-refractivity contribution is -0.384. The summed E-state index contributed by atoms with van der Waals surface area (Å²) >= 11 is 6.76. The van der Waals surface area contributed by atoms with Crippen LogP contribution < -0.4 is 4.90 Å². The van der Waals surface area contributed by atoms with Crippen LogP contribution in [0.1, 0.15) is 26.3 Å². The van der Waals surface area contributed by atoms with Crippen LogP contribution >= 0.6 is 31.9 Å². The second kappa shape index (κ2) is 7.90. The number of rotatable bonds is 3. The fourth-order valence-electron chi connectivity index (χ4n) is 2.55. The van der Waals surface area contributed by atoms with E-state index in [4.69, 9.17) is 4.74 Å². The Hall–Kier alpha value is -1.35. The third kappa shape index (κ3) is 5.07. The van der Waals surface area contributed by atoms with Crippen molar-refractivity contribution >= 4 is 49.3 Å². The van der Waals surface area contributed by atoms with Crippen LogP contribution in [0.2, 0.25) is 0 Å². The monoisotopic (exact) mass is 477 g/mol. The van der Waals surface area contributed by atoms with Gasteiger partial charge in [0.25, 0.3) is 5.69 Å². The predicted octanol–water partition coefficient (Wildman–Crippen LogP) is 4.31. The lowest BCUT2D eigenvalue weighted by atomic mass is 10.1. The zero-order chi connectivity index (χ0) is 18.8. The first kappa shape index (κ1) is 20.0. The van der Waals surface area contributed by atoms with E-state index in [1.54, 1.807) is 4.90 Å². The van der Waals surface area contributed by atoms with E-state index in [1.165, 1.54) is 6.07 Å². The average molecular weight is 479 g/mol. The minimum atomic E-state index is -0.538. The lowest BCUT2D eigenvalue weighted by Crippen LogP contribution is -2.50. The Kier molecular flexibility index (Phi) is 6.31. The fourth-order valence-corrected chi connectivity index (χ4v) is 3.86. The maximum Gasteiger partial charge on any atom is 0.410 e. The Bertz CT molecular complexity index is 668. The minimum absolute atomic E-state index is 0.0577. The van der Waals surface area contributed by atoms with Crippen molar-refractivity contribution in [3.8, 4) is 0 Å². The number of halogens is 2. The fraction of sp³-hybridized carbons (Fsp3) is 0.562. The maximum absolute atomic E-state index is 12.1. The molecule has 1 aromatic carbocycles. The highest BCUT2D eigenvalue weighted by Crippen LogP contribution is 2.35. The molecule has 0 aromatic heterocycles. The third-order valence-electron chi connectivity index (χ3n) is 3.76. The molecule has 0 radical (unpaired) electrons. The van der Waals surface area contributed by atoms with Crippen molar-refractivity contribution in [3.05, 3.63) is 32.3 Å². The second-order valence-electron chi connectivity index (χ2n) is 6.78. The molecule has 0 atom stereocenters. The van der Waals surface area contributed by atoms with Gasteiger partial charge in [-0.2, -0.15) is 0 Å². The van der Waals surface area contributed by atoms with E-state index in [0.29, 0.717) is 41.7 Å². The highest BCUT2D eigenvalue weighted by atomic mass is 79.9. The number of nitro groups is 1. The van der Waals surface area contributed by atoms with Gasteiger partial charge in [0.05, 0.1) is 4.92 Å². The van der Waals surface area contributed by atoms with Crippen LogP contribution in [0.4, 0.5) is 16.2 Å². The predicted molar refractivity (Wildman–Crippen MR) is 103 cm³/mol. The molecule has 0 bridgehead atoms. The van der Waals surface area contributed by atoms with Crippen molar-refractivity contribution in [3.63, 3.8) is 0 Å². The molecular weight excluding hydrogens is 458 g/mol.